The van der Waals surface area contributed by atoms with Gasteiger partial charge in [0.25, 0.3) is 24.1 Å². The van der Waals surface area contributed by atoms with Crippen molar-refractivity contribution in [3.63, 3.8) is 0 Å². The molecule has 136 heavy (non-hydrogen) atoms. The van der Waals surface area contributed by atoms with Gasteiger partial charge in [-0.05, 0) is 228 Å². The van der Waals surface area contributed by atoms with Crippen LogP contribution in [-0.4, -0.2) is 194 Å². The van der Waals surface area contributed by atoms with Crippen molar-refractivity contribution in [1.29, 1.82) is 0 Å². The van der Waals surface area contributed by atoms with Crippen molar-refractivity contribution in [3.05, 3.63) is 297 Å². The van der Waals surface area contributed by atoms with E-state index in [4.69, 9.17) is 33.7 Å². The first-order valence-electron chi connectivity index (χ1n) is 44.1. The summed E-state index contributed by atoms with van der Waals surface area (Å²) >= 11 is 0. The number of anilines is 9. The van der Waals surface area contributed by atoms with Crippen molar-refractivity contribution in [1.82, 2.24) is 24.9 Å². The number of carbonyl (C=O) groups is 4. The highest BCUT2D eigenvalue weighted by Crippen LogP contribution is 2.39. The van der Waals surface area contributed by atoms with Gasteiger partial charge in [0.1, 0.15) is 34.9 Å². The van der Waals surface area contributed by atoms with E-state index in [2.05, 4.69) is 55.4 Å². The molecule has 0 spiro atoms. The number of ketones is 1. The van der Waals surface area contributed by atoms with E-state index in [0.29, 0.717) is 94.3 Å². The van der Waals surface area contributed by atoms with Crippen LogP contribution in [0.5, 0.6) is 0 Å². The molecule has 5 aliphatic rings. The Labute approximate surface area is 779 Å². The number of carbonyl (C=O) groups excluding carboxylic acids is 4. The summed E-state index contributed by atoms with van der Waals surface area (Å²) in [5, 5.41) is 8.24. The number of benzene rings is 7. The monoisotopic (exact) mass is 1870 g/mol. The highest BCUT2D eigenvalue weighted by atomic mass is 19.4. The SMILES string of the molecule is Cc1ccc(C(=O)Cc2cccc(C(F)(F)F)c2)cc1-c1ccnc(N2CCOCC2)c1.Cc1ccc(NC(=O)c2cccc(C(F)(F)F)c2)cc1-c1cc(N(C)C)nc(N2CCOCC2)c1.Cc1ccc(NC(=O)c2cccc(C(F)F)c2)cc1-c1ccnc(N2CCOCC2)c1.Cc1ncc(NC(=O)c2cccc(C(F)(F)F)c2)cc1-c1cc(N2CCOCC2)nc(N2CCOCC2)c1. The molecule has 0 atom stereocenters. The molecule has 5 saturated heterocycles. The quantitative estimate of drug-likeness (QED) is 0.0475. The van der Waals surface area contributed by atoms with E-state index in [1.165, 1.54) is 60.8 Å². The summed E-state index contributed by atoms with van der Waals surface area (Å²) in [5.74, 6) is 3.11. The molecule has 23 nitrogen and oxygen atoms in total. The number of alkyl halides is 11. The summed E-state index contributed by atoms with van der Waals surface area (Å²) in [7, 11) is 3.85. The fourth-order valence-electron chi connectivity index (χ4n) is 15.8. The smallest absolute Gasteiger partial charge is 0.378 e. The molecule has 5 aromatic heterocycles. The molecule has 17 rings (SSSR count). The second-order valence-corrected chi connectivity index (χ2v) is 33.0. The van der Waals surface area contributed by atoms with Crippen LogP contribution in [0.2, 0.25) is 0 Å². The number of ether oxygens (including phenoxy) is 5. The van der Waals surface area contributed by atoms with Crippen LogP contribution in [0.25, 0.3) is 44.5 Å². The number of pyridine rings is 5. The van der Waals surface area contributed by atoms with Crippen LogP contribution < -0.4 is 45.3 Å². The van der Waals surface area contributed by atoms with Gasteiger partial charge in [0, 0.05) is 149 Å². The normalized spacial score (nSPS) is 14.8. The van der Waals surface area contributed by atoms with Crippen LogP contribution in [0.15, 0.2) is 225 Å². The predicted molar refractivity (Wildman–Crippen MR) is 503 cm³/mol. The highest BCUT2D eigenvalue weighted by Gasteiger charge is 2.34. The summed E-state index contributed by atoms with van der Waals surface area (Å²) in [6.07, 6.45) is -11.2. The lowest BCUT2D eigenvalue weighted by Crippen LogP contribution is -2.39. The van der Waals surface area contributed by atoms with Crippen LogP contribution in [0.4, 0.5) is 100 Å². The van der Waals surface area contributed by atoms with Gasteiger partial charge in [-0.3, -0.25) is 24.2 Å². The first kappa shape index (κ1) is 98.2. The second kappa shape index (κ2) is 44.6. The summed E-state index contributed by atoms with van der Waals surface area (Å²) in [6.45, 7) is 21.8. The van der Waals surface area contributed by atoms with Crippen LogP contribution >= 0.6 is 0 Å². The first-order valence-corrected chi connectivity index (χ1v) is 44.1. The Bertz CT molecular complexity index is 6180. The molecule has 0 unspecified atom stereocenters. The zero-order chi connectivity index (χ0) is 96.4. The first-order chi connectivity index (χ1) is 65.2. The molecule has 3 N–H and O–H groups in total. The van der Waals surface area contributed by atoms with Crippen LogP contribution in [0.1, 0.15) is 98.1 Å². The number of morpholine rings is 5. The summed E-state index contributed by atoms with van der Waals surface area (Å²) in [5.41, 5.74) is 10.7. The van der Waals surface area contributed by atoms with Crippen molar-refractivity contribution in [2.75, 3.05) is 191 Å². The molecule has 0 radical (unpaired) electrons. The number of halogens is 11. The fraction of sp³-hybridized carbons (Fsp3) is 0.304. The average molecular weight is 1880 g/mol. The summed E-state index contributed by atoms with van der Waals surface area (Å²) in [4.78, 5) is 86.9. The molecule has 3 amide bonds. The number of nitrogens with zero attached hydrogens (tertiary/aromatic N) is 11. The van der Waals surface area contributed by atoms with E-state index in [-0.39, 0.29) is 34.5 Å². The van der Waals surface area contributed by atoms with Gasteiger partial charge >= 0.3 is 18.5 Å². The molecule has 5 aliphatic heterocycles. The summed E-state index contributed by atoms with van der Waals surface area (Å²) in [6, 6.07) is 53.2. The zero-order valence-electron chi connectivity index (χ0n) is 75.5. The Morgan fingerprint density at radius 1 is 0.360 bits per heavy atom. The second-order valence-electron chi connectivity index (χ2n) is 33.0. The summed E-state index contributed by atoms with van der Waals surface area (Å²) < 4.78 is 171. The third-order valence-corrected chi connectivity index (χ3v) is 23.3. The van der Waals surface area contributed by atoms with Crippen molar-refractivity contribution in [2.24, 2.45) is 0 Å². The molecule has 710 valence electrons. The Morgan fingerprint density at radius 2 is 0.721 bits per heavy atom. The minimum atomic E-state index is -4.54. The molecular formula is C102H101F11N14O9. The Morgan fingerprint density at radius 3 is 1.15 bits per heavy atom. The third-order valence-electron chi connectivity index (χ3n) is 23.3. The third kappa shape index (κ3) is 26.0. The Kier molecular flexibility index (Phi) is 32.2. The van der Waals surface area contributed by atoms with Crippen LogP contribution in [-0.2, 0) is 48.6 Å². The molecule has 5 fully saturated rings. The lowest BCUT2D eigenvalue weighted by Gasteiger charge is -2.32. The predicted octanol–water partition coefficient (Wildman–Crippen LogP) is 20.0. The number of amides is 3. The number of Topliss-reactive ketones (excluding diaryl/α,β-unsaturated/α-hetero) is 1. The maximum atomic E-state index is 13.1. The zero-order valence-corrected chi connectivity index (χ0v) is 75.5. The lowest BCUT2D eigenvalue weighted by molar-refractivity contribution is -0.138. The fourth-order valence-corrected chi connectivity index (χ4v) is 15.8. The van der Waals surface area contributed by atoms with Gasteiger partial charge in [-0.2, -0.15) is 39.5 Å². The van der Waals surface area contributed by atoms with Gasteiger partial charge in [0.2, 0.25) is 0 Å². The van der Waals surface area contributed by atoms with E-state index in [1.54, 1.807) is 42.7 Å². The standard InChI is InChI=1S/C27H28F3N5O3.C26H27F3N4O2.C25H23F3N2O2.C24H23F2N3O2/c1-18-23(16-22(17-31-18)32-26(36)19-3-2-4-21(13-19)27(28,29)30)20-14-24(34-5-9-37-10-6-34)33-25(15-20)35-7-11-38-12-8-35;1-17-7-8-21(30-25(34)18-5-4-6-20(13-18)26(27,28)29)16-22(17)19-14-23(32(2)3)31-24(15-19)33-9-11-35-12-10-33;1-17-5-6-20(23(31)14-18-3-2-4-21(13-18)25(26,27)28)15-22(17)19-7-8-29-24(16-19)30-9-11-32-12-10-30;1-16-5-6-20(28-24(30)19-4-2-3-18(13-19)23(25)26)15-21(16)17-7-8-27-22(14-17)29-9-11-31-12-10-29/h2-4,13-17H,5-12H2,1H3,(H,32,36);4-8,13-16H,9-12H2,1-3H3,(H,30,34);2-8,13,15-16H,9-12,14H2,1H3;2-8,13-15,23H,9-12H2,1H3,(H,28,30). The van der Waals surface area contributed by atoms with Crippen molar-refractivity contribution >= 4 is 75.5 Å². The number of aromatic nitrogens is 5. The van der Waals surface area contributed by atoms with Gasteiger partial charge in [-0.15, -0.1) is 0 Å². The van der Waals surface area contributed by atoms with Crippen LogP contribution in [0, 0.1) is 27.7 Å². The van der Waals surface area contributed by atoms with Gasteiger partial charge in [-0.1, -0.05) is 66.7 Å². The van der Waals surface area contributed by atoms with E-state index in [0.717, 1.165) is 204 Å². The van der Waals surface area contributed by atoms with Gasteiger partial charge in [-0.25, -0.2) is 28.7 Å². The van der Waals surface area contributed by atoms with Gasteiger partial charge < -0.3 is 69.0 Å². The largest absolute Gasteiger partial charge is 0.416 e. The van der Waals surface area contributed by atoms with E-state index in [9.17, 15) is 67.5 Å². The van der Waals surface area contributed by atoms with Crippen LogP contribution in [0.3, 0.4) is 0 Å². The Balaban J connectivity index is 0.000000146. The molecule has 10 heterocycles. The molecule has 0 aliphatic carbocycles. The molecular weight excluding hydrogens is 1770 g/mol. The average Bonchev–Trinajstić information content (AvgIpc) is 0.792. The molecule has 34 heteroatoms. The number of nitrogens with one attached hydrogen (secondary N) is 3. The molecule has 7 aromatic carbocycles. The maximum Gasteiger partial charge on any atom is 0.416 e. The van der Waals surface area contributed by atoms with Crippen molar-refractivity contribution < 1.29 is 91.2 Å². The van der Waals surface area contributed by atoms with Gasteiger partial charge in [0.05, 0.1) is 94.6 Å². The number of hydrogen-bond donors (Lipinski definition) is 3. The minimum absolute atomic E-state index is 0.0599. The number of aryl methyl sites for hydroxylation is 4. The van der Waals surface area contributed by atoms with E-state index < -0.39 is 59.4 Å². The number of rotatable bonds is 20. The van der Waals surface area contributed by atoms with Crippen molar-refractivity contribution in [3.8, 4) is 44.5 Å². The Hall–Kier alpha value is -13.8. The molecule has 0 bridgehead atoms. The molecule has 12 aromatic rings. The lowest BCUT2D eigenvalue weighted by atomic mass is 9.95. The number of hydrogen-bond acceptors (Lipinski definition) is 20. The minimum Gasteiger partial charge on any atom is -0.378 e. The van der Waals surface area contributed by atoms with E-state index >= 15 is 0 Å². The van der Waals surface area contributed by atoms with Gasteiger partial charge in [0.15, 0.2) is 5.78 Å². The topological polar surface area (TPSA) is 234 Å². The highest BCUT2D eigenvalue weighted by molar-refractivity contribution is 6.06. The maximum absolute atomic E-state index is 13.1. The molecule has 0 saturated carbocycles. The van der Waals surface area contributed by atoms with E-state index in [1.807, 2.05) is 132 Å². The van der Waals surface area contributed by atoms with Crippen molar-refractivity contribution in [2.45, 2.75) is 59.1 Å².